The first kappa shape index (κ1) is 29.0. The normalized spacial score (nSPS) is 13.3. The Morgan fingerprint density at radius 1 is 0.902 bits per heavy atom. The van der Waals surface area contributed by atoms with E-state index in [9.17, 15) is 19.2 Å². The number of likely N-dealkylation sites (N-methyl/N-ethyl adjacent to an activating group) is 2. The zero-order valence-electron chi connectivity index (χ0n) is 23.6. The molecular weight excluding hydrogens is 524 g/mol. The molecular formula is C31H32N4O6. The van der Waals surface area contributed by atoms with Crippen molar-refractivity contribution in [3.8, 4) is 0 Å². The van der Waals surface area contributed by atoms with Crippen LogP contribution < -0.4 is 15.5 Å². The van der Waals surface area contributed by atoms with Gasteiger partial charge in [-0.05, 0) is 56.9 Å². The van der Waals surface area contributed by atoms with Gasteiger partial charge in [-0.15, -0.1) is 0 Å². The number of methoxy groups -OCH3 is 1. The third-order valence-corrected chi connectivity index (χ3v) is 6.45. The Morgan fingerprint density at radius 3 is 2.29 bits per heavy atom. The molecule has 1 heterocycles. The molecule has 10 heteroatoms. The highest BCUT2D eigenvalue weighted by atomic mass is 16.5. The predicted octanol–water partition coefficient (Wildman–Crippen LogP) is 4.11. The summed E-state index contributed by atoms with van der Waals surface area (Å²) in [6.45, 7) is 2.03. The first-order valence-corrected chi connectivity index (χ1v) is 13.0. The first-order chi connectivity index (χ1) is 19.6. The summed E-state index contributed by atoms with van der Waals surface area (Å²) in [5, 5.41) is 6.16. The fourth-order valence-electron chi connectivity index (χ4n) is 4.48. The highest BCUT2D eigenvalue weighted by Gasteiger charge is 2.30. The Balaban J connectivity index is 1.83. The van der Waals surface area contributed by atoms with Gasteiger partial charge in [-0.25, -0.2) is 9.59 Å². The van der Waals surface area contributed by atoms with Crippen molar-refractivity contribution in [1.29, 1.82) is 0 Å². The number of anilines is 3. The largest absolute Gasteiger partial charge is 0.465 e. The van der Waals surface area contributed by atoms with Crippen LogP contribution in [0.1, 0.15) is 38.8 Å². The third kappa shape index (κ3) is 6.28. The molecule has 4 rings (SSSR count). The Labute approximate surface area is 238 Å². The summed E-state index contributed by atoms with van der Waals surface area (Å²) < 4.78 is 10.1. The van der Waals surface area contributed by atoms with Gasteiger partial charge in [0.2, 0.25) is 5.91 Å². The molecule has 0 aliphatic carbocycles. The van der Waals surface area contributed by atoms with Crippen LogP contribution in [0.3, 0.4) is 0 Å². The first-order valence-electron chi connectivity index (χ1n) is 13.0. The lowest BCUT2D eigenvalue weighted by atomic mass is 9.98. The molecule has 0 aromatic heterocycles. The van der Waals surface area contributed by atoms with E-state index in [-0.39, 0.29) is 30.5 Å². The van der Waals surface area contributed by atoms with E-state index < -0.39 is 11.9 Å². The number of carbonyl (C=O) groups is 4. The highest BCUT2D eigenvalue weighted by Crippen LogP contribution is 2.38. The number of rotatable bonds is 9. The zero-order valence-corrected chi connectivity index (χ0v) is 23.6. The second-order valence-electron chi connectivity index (χ2n) is 9.59. The van der Waals surface area contributed by atoms with E-state index in [1.165, 1.54) is 12.0 Å². The lowest BCUT2D eigenvalue weighted by Crippen LogP contribution is -2.36. The van der Waals surface area contributed by atoms with E-state index in [4.69, 9.17) is 9.47 Å². The number of nitrogens with one attached hydrogen (secondary N) is 2. The second-order valence-corrected chi connectivity index (χ2v) is 9.59. The van der Waals surface area contributed by atoms with E-state index in [1.54, 1.807) is 69.4 Å². The van der Waals surface area contributed by atoms with Crippen molar-refractivity contribution in [2.75, 3.05) is 56.9 Å². The standard InChI is InChI=1S/C31H32N4O6/c1-6-41-31(39)23-17-21(13-15-25(23)35(4)26(36)18-34(2)3)32-28(19-10-8-7-9-11-19)27-22-14-12-20(30(38)40-5)16-24(22)33-29(27)37/h7-17,32H,6,18H2,1-5H3,(H,33,37)/b28-27-. The van der Waals surface area contributed by atoms with Crippen molar-refractivity contribution < 1.29 is 28.7 Å². The van der Waals surface area contributed by atoms with E-state index >= 15 is 0 Å². The predicted molar refractivity (Wildman–Crippen MR) is 158 cm³/mol. The minimum Gasteiger partial charge on any atom is -0.465 e. The Morgan fingerprint density at radius 2 is 1.63 bits per heavy atom. The molecule has 0 saturated heterocycles. The van der Waals surface area contributed by atoms with Crippen molar-refractivity contribution in [3.05, 3.63) is 89.0 Å². The van der Waals surface area contributed by atoms with Gasteiger partial charge >= 0.3 is 11.9 Å². The van der Waals surface area contributed by atoms with Crippen LogP contribution in [0.25, 0.3) is 11.3 Å². The number of ether oxygens (including phenoxy) is 2. The number of carbonyl (C=O) groups excluding carboxylic acids is 4. The summed E-state index contributed by atoms with van der Waals surface area (Å²) in [5.41, 5.74) is 4.07. The van der Waals surface area contributed by atoms with Crippen molar-refractivity contribution in [2.24, 2.45) is 0 Å². The third-order valence-electron chi connectivity index (χ3n) is 6.45. The zero-order chi connectivity index (χ0) is 29.7. The van der Waals surface area contributed by atoms with Gasteiger partial charge in [-0.1, -0.05) is 36.4 Å². The molecule has 1 aliphatic heterocycles. The number of amides is 2. The second kappa shape index (κ2) is 12.5. The molecule has 212 valence electrons. The minimum absolute atomic E-state index is 0.162. The van der Waals surface area contributed by atoms with Crippen molar-refractivity contribution >= 4 is 52.1 Å². The van der Waals surface area contributed by atoms with Crippen LogP contribution in [0.5, 0.6) is 0 Å². The number of benzene rings is 3. The smallest absolute Gasteiger partial charge is 0.340 e. The van der Waals surface area contributed by atoms with Crippen molar-refractivity contribution in [2.45, 2.75) is 6.92 Å². The molecule has 0 atom stereocenters. The molecule has 0 unspecified atom stereocenters. The lowest BCUT2D eigenvalue weighted by molar-refractivity contribution is -0.119. The molecule has 2 amide bonds. The van der Waals surface area contributed by atoms with Gasteiger partial charge in [0.05, 0.1) is 54.0 Å². The van der Waals surface area contributed by atoms with Gasteiger partial charge in [-0.3, -0.25) is 9.59 Å². The van der Waals surface area contributed by atoms with Crippen LogP contribution in [0.2, 0.25) is 0 Å². The van der Waals surface area contributed by atoms with Crippen molar-refractivity contribution in [3.63, 3.8) is 0 Å². The lowest BCUT2D eigenvalue weighted by Gasteiger charge is -2.23. The van der Waals surface area contributed by atoms with Gasteiger partial charge < -0.3 is 29.9 Å². The number of esters is 2. The van der Waals surface area contributed by atoms with Crippen molar-refractivity contribution in [1.82, 2.24) is 4.90 Å². The number of nitrogens with zero attached hydrogens (tertiary/aromatic N) is 2. The van der Waals surface area contributed by atoms with Crippen LogP contribution in [0.15, 0.2) is 66.7 Å². The Hall–Kier alpha value is -4.96. The van der Waals surface area contributed by atoms with Crippen LogP contribution in [-0.2, 0) is 19.1 Å². The van der Waals surface area contributed by atoms with Gasteiger partial charge in [0, 0.05) is 18.3 Å². The molecule has 1 aliphatic rings. The number of hydrogen-bond acceptors (Lipinski definition) is 8. The van der Waals surface area contributed by atoms with Crippen LogP contribution in [0, 0.1) is 0 Å². The van der Waals surface area contributed by atoms with Gasteiger partial charge in [0.1, 0.15) is 0 Å². The fraction of sp³-hybridized carbons (Fsp3) is 0.226. The maximum atomic E-state index is 13.3. The molecule has 0 bridgehead atoms. The quantitative estimate of drug-likeness (QED) is 0.299. The molecule has 10 nitrogen and oxygen atoms in total. The molecule has 0 spiro atoms. The summed E-state index contributed by atoms with van der Waals surface area (Å²) >= 11 is 0. The molecule has 3 aromatic rings. The van der Waals surface area contributed by atoms with E-state index in [1.807, 2.05) is 30.3 Å². The van der Waals surface area contributed by atoms with Crippen LogP contribution in [0.4, 0.5) is 17.1 Å². The summed E-state index contributed by atoms with van der Waals surface area (Å²) in [4.78, 5) is 54.3. The number of fused-ring (bicyclic) bond motifs is 1. The average Bonchev–Trinajstić information content (AvgIpc) is 3.29. The molecule has 3 aromatic carbocycles. The average molecular weight is 557 g/mol. The monoisotopic (exact) mass is 556 g/mol. The summed E-state index contributed by atoms with van der Waals surface area (Å²) in [5.74, 6) is -1.64. The van der Waals surface area contributed by atoms with Gasteiger partial charge in [-0.2, -0.15) is 0 Å². The van der Waals surface area contributed by atoms with E-state index in [0.29, 0.717) is 39.5 Å². The molecule has 41 heavy (non-hydrogen) atoms. The highest BCUT2D eigenvalue weighted by molar-refractivity contribution is 6.37. The number of hydrogen-bond donors (Lipinski definition) is 2. The van der Waals surface area contributed by atoms with E-state index in [0.717, 1.165) is 5.56 Å². The fourth-order valence-corrected chi connectivity index (χ4v) is 4.48. The maximum Gasteiger partial charge on any atom is 0.340 e. The summed E-state index contributed by atoms with van der Waals surface area (Å²) in [6.07, 6.45) is 0. The van der Waals surface area contributed by atoms with Crippen LogP contribution in [-0.4, -0.2) is 70.1 Å². The summed E-state index contributed by atoms with van der Waals surface area (Å²) in [7, 11) is 6.48. The minimum atomic E-state index is -0.580. The van der Waals surface area contributed by atoms with Gasteiger partial charge in [0.25, 0.3) is 5.91 Å². The Kier molecular flexibility index (Phi) is 8.84. The van der Waals surface area contributed by atoms with Crippen LogP contribution >= 0.6 is 0 Å². The van der Waals surface area contributed by atoms with Gasteiger partial charge in [0.15, 0.2) is 0 Å². The molecule has 0 radical (unpaired) electrons. The van der Waals surface area contributed by atoms with E-state index in [2.05, 4.69) is 10.6 Å². The topological polar surface area (TPSA) is 117 Å². The SMILES string of the molecule is CCOC(=O)c1cc(N/C(=C2\C(=O)Nc3cc(C(=O)OC)ccc32)c2ccccc2)ccc1N(C)C(=O)CN(C)C. The molecule has 0 fully saturated rings. The summed E-state index contributed by atoms with van der Waals surface area (Å²) in [6, 6.07) is 19.2. The maximum absolute atomic E-state index is 13.3. The molecule has 2 N–H and O–H groups in total. The Bertz CT molecular complexity index is 1530. The molecule has 0 saturated carbocycles.